The summed E-state index contributed by atoms with van der Waals surface area (Å²) in [7, 11) is 0. The van der Waals surface area contributed by atoms with Crippen LogP contribution >= 0.6 is 34.8 Å². The molecule has 1 N–H and O–H groups in total. The molecule has 17 heavy (non-hydrogen) atoms. The first-order chi connectivity index (χ1) is 8.09. The van der Waals surface area contributed by atoms with Gasteiger partial charge in [-0.3, -0.25) is 0 Å². The van der Waals surface area contributed by atoms with Gasteiger partial charge < -0.3 is 0 Å². The van der Waals surface area contributed by atoms with Gasteiger partial charge in [0.15, 0.2) is 0 Å². The van der Waals surface area contributed by atoms with Crippen LogP contribution in [-0.4, -0.2) is 20.2 Å². The van der Waals surface area contributed by atoms with Gasteiger partial charge in [0.2, 0.25) is 0 Å². The molecule has 0 saturated heterocycles. The molecule has 5 nitrogen and oxygen atoms in total. The molecule has 1 aromatic heterocycles. The van der Waals surface area contributed by atoms with Gasteiger partial charge in [0.1, 0.15) is 0 Å². The molecule has 8 heteroatoms. The van der Waals surface area contributed by atoms with Crippen molar-refractivity contribution in [2.45, 2.75) is 13.0 Å². The number of tetrazole rings is 1. The summed E-state index contributed by atoms with van der Waals surface area (Å²) in [5.74, 6) is 0. The minimum Gasteiger partial charge on any atom is -0.245 e. The van der Waals surface area contributed by atoms with Crippen molar-refractivity contribution in [3.8, 4) is 0 Å². The van der Waals surface area contributed by atoms with Crippen LogP contribution in [0.15, 0.2) is 16.9 Å². The molecule has 0 spiro atoms. The molecular formula is C9H7Cl3N4O. The van der Waals surface area contributed by atoms with Crippen molar-refractivity contribution < 1.29 is 0 Å². The second-order valence-electron chi connectivity index (χ2n) is 3.31. The highest BCUT2D eigenvalue weighted by Crippen LogP contribution is 2.32. The number of benzene rings is 1. The van der Waals surface area contributed by atoms with Crippen LogP contribution in [0.5, 0.6) is 0 Å². The zero-order valence-corrected chi connectivity index (χ0v) is 10.7. The fourth-order valence-corrected chi connectivity index (χ4v) is 2.00. The van der Waals surface area contributed by atoms with Gasteiger partial charge in [-0.25, -0.2) is 9.89 Å². The third kappa shape index (κ3) is 2.62. The molecule has 2 aromatic rings. The van der Waals surface area contributed by atoms with E-state index in [1.165, 1.54) is 4.68 Å². The van der Waals surface area contributed by atoms with E-state index in [1.54, 1.807) is 12.1 Å². The van der Waals surface area contributed by atoms with Crippen LogP contribution in [-0.2, 0) is 13.0 Å². The van der Waals surface area contributed by atoms with E-state index in [0.717, 1.165) is 5.56 Å². The Kier molecular flexibility index (Phi) is 3.71. The van der Waals surface area contributed by atoms with Gasteiger partial charge in [-0.1, -0.05) is 40.9 Å². The van der Waals surface area contributed by atoms with Crippen molar-refractivity contribution in [2.24, 2.45) is 0 Å². The Hall–Kier alpha value is -1.04. The third-order valence-corrected chi connectivity index (χ3v) is 3.57. The van der Waals surface area contributed by atoms with Gasteiger partial charge >= 0.3 is 5.69 Å². The molecule has 0 unspecified atom stereocenters. The van der Waals surface area contributed by atoms with Crippen LogP contribution in [0.3, 0.4) is 0 Å². The lowest BCUT2D eigenvalue weighted by atomic mass is 10.1. The summed E-state index contributed by atoms with van der Waals surface area (Å²) in [6.07, 6.45) is 0.516. The normalized spacial score (nSPS) is 10.8. The van der Waals surface area contributed by atoms with E-state index >= 15 is 0 Å². The van der Waals surface area contributed by atoms with Crippen LogP contribution in [0.25, 0.3) is 0 Å². The Morgan fingerprint density at radius 3 is 2.65 bits per heavy atom. The van der Waals surface area contributed by atoms with Crippen LogP contribution in [0.4, 0.5) is 0 Å². The van der Waals surface area contributed by atoms with Crippen molar-refractivity contribution in [3.05, 3.63) is 43.2 Å². The Morgan fingerprint density at radius 2 is 2.00 bits per heavy atom. The number of nitrogens with zero attached hydrogens (tertiary/aromatic N) is 3. The molecule has 0 aliphatic heterocycles. The first-order valence-electron chi connectivity index (χ1n) is 4.70. The fraction of sp³-hybridized carbons (Fsp3) is 0.222. The zero-order chi connectivity index (χ0) is 12.4. The van der Waals surface area contributed by atoms with E-state index in [-0.39, 0.29) is 5.69 Å². The van der Waals surface area contributed by atoms with E-state index in [4.69, 9.17) is 34.8 Å². The average Bonchev–Trinajstić information content (AvgIpc) is 2.71. The summed E-state index contributed by atoms with van der Waals surface area (Å²) < 4.78 is 1.21. The molecule has 90 valence electrons. The van der Waals surface area contributed by atoms with Crippen LogP contribution in [0.1, 0.15) is 5.56 Å². The van der Waals surface area contributed by atoms with Crippen molar-refractivity contribution >= 4 is 34.8 Å². The predicted octanol–water partition coefficient (Wildman–Crippen LogP) is 2.17. The van der Waals surface area contributed by atoms with E-state index in [0.29, 0.717) is 28.0 Å². The summed E-state index contributed by atoms with van der Waals surface area (Å²) in [6, 6.07) is 3.43. The molecule has 0 bridgehead atoms. The maximum atomic E-state index is 11.1. The number of hydrogen-bond acceptors (Lipinski definition) is 3. The highest BCUT2D eigenvalue weighted by molar-refractivity contribution is 6.48. The molecule has 0 saturated carbocycles. The molecule has 1 aromatic carbocycles. The predicted molar refractivity (Wildman–Crippen MR) is 65.8 cm³/mol. The van der Waals surface area contributed by atoms with Crippen molar-refractivity contribution in [1.82, 2.24) is 20.2 Å². The molecule has 0 aliphatic rings. The maximum Gasteiger partial charge on any atom is 0.361 e. The summed E-state index contributed by atoms with van der Waals surface area (Å²) in [5.41, 5.74) is 0.442. The van der Waals surface area contributed by atoms with Crippen molar-refractivity contribution in [1.29, 1.82) is 0 Å². The van der Waals surface area contributed by atoms with Crippen LogP contribution in [0, 0.1) is 0 Å². The van der Waals surface area contributed by atoms with Crippen LogP contribution < -0.4 is 5.69 Å². The second kappa shape index (κ2) is 5.08. The number of H-pyrrole nitrogens is 1. The monoisotopic (exact) mass is 292 g/mol. The summed E-state index contributed by atoms with van der Waals surface area (Å²) in [4.78, 5) is 11.1. The lowest BCUT2D eigenvalue weighted by Gasteiger charge is -2.06. The number of nitrogens with one attached hydrogen (secondary N) is 1. The fourth-order valence-electron chi connectivity index (χ4n) is 1.35. The molecule has 1 heterocycles. The average molecular weight is 294 g/mol. The lowest BCUT2D eigenvalue weighted by Crippen LogP contribution is -2.19. The van der Waals surface area contributed by atoms with E-state index in [1.807, 2.05) is 0 Å². The number of hydrogen-bond donors (Lipinski definition) is 1. The van der Waals surface area contributed by atoms with E-state index in [9.17, 15) is 4.79 Å². The quantitative estimate of drug-likeness (QED) is 0.882. The summed E-state index contributed by atoms with van der Waals surface area (Å²) >= 11 is 17.8. The van der Waals surface area contributed by atoms with Gasteiger partial charge in [-0.2, -0.15) is 4.68 Å². The minimum atomic E-state index is -0.360. The van der Waals surface area contributed by atoms with Gasteiger partial charge in [0.25, 0.3) is 0 Å². The van der Waals surface area contributed by atoms with Crippen LogP contribution in [0.2, 0.25) is 15.1 Å². The molecule has 0 radical (unpaired) electrons. The molecule has 0 fully saturated rings. The van der Waals surface area contributed by atoms with E-state index < -0.39 is 0 Å². The van der Waals surface area contributed by atoms with Gasteiger partial charge in [0, 0.05) is 0 Å². The Labute approximate surface area is 111 Å². The SMILES string of the molecule is O=c1[nH]nnn1CCc1ccc(Cl)c(Cl)c1Cl. The Bertz CT molecular complexity index is 592. The van der Waals surface area contributed by atoms with Crippen molar-refractivity contribution in [3.63, 3.8) is 0 Å². The molecule has 0 amide bonds. The van der Waals surface area contributed by atoms with E-state index in [2.05, 4.69) is 15.5 Å². The highest BCUT2D eigenvalue weighted by Gasteiger charge is 2.09. The van der Waals surface area contributed by atoms with Crippen molar-refractivity contribution in [2.75, 3.05) is 0 Å². The molecule has 2 rings (SSSR count). The number of halogens is 3. The first kappa shape index (κ1) is 12.4. The first-order valence-corrected chi connectivity index (χ1v) is 5.83. The number of aromatic amines is 1. The number of rotatable bonds is 3. The Balaban J connectivity index is 2.18. The number of aryl methyl sites for hydroxylation is 2. The number of aromatic nitrogens is 4. The molecular weight excluding hydrogens is 286 g/mol. The topological polar surface area (TPSA) is 63.6 Å². The second-order valence-corrected chi connectivity index (χ2v) is 4.48. The highest BCUT2D eigenvalue weighted by atomic mass is 35.5. The smallest absolute Gasteiger partial charge is 0.245 e. The molecule has 0 aliphatic carbocycles. The lowest BCUT2D eigenvalue weighted by molar-refractivity contribution is 0.574. The van der Waals surface area contributed by atoms with Gasteiger partial charge in [-0.15, -0.1) is 0 Å². The third-order valence-electron chi connectivity index (χ3n) is 2.24. The maximum absolute atomic E-state index is 11.1. The summed E-state index contributed by atoms with van der Waals surface area (Å²) in [5, 5.41) is 10.3. The van der Waals surface area contributed by atoms with Gasteiger partial charge in [-0.05, 0) is 28.5 Å². The van der Waals surface area contributed by atoms with Gasteiger partial charge in [0.05, 0.1) is 21.6 Å². The largest absolute Gasteiger partial charge is 0.361 e. The Morgan fingerprint density at radius 1 is 1.24 bits per heavy atom. The molecule has 0 atom stereocenters. The zero-order valence-electron chi connectivity index (χ0n) is 8.45. The minimum absolute atomic E-state index is 0.318. The standard InChI is InChI=1S/C9H7Cl3N4O/c10-6-2-1-5(7(11)8(6)12)3-4-16-9(17)13-14-15-16/h1-2H,3-4H2,(H,13,15,17). The summed E-state index contributed by atoms with van der Waals surface area (Å²) in [6.45, 7) is 0.368.